The van der Waals surface area contributed by atoms with E-state index in [1.165, 1.54) is 0 Å². The molecule has 2 aromatic carbocycles. The molecule has 0 aliphatic heterocycles. The number of hydrogen-bond acceptors (Lipinski definition) is 3. The molecule has 92 valence electrons. The van der Waals surface area contributed by atoms with E-state index >= 15 is 0 Å². The molecule has 0 amide bonds. The zero-order chi connectivity index (χ0) is 13.0. The van der Waals surface area contributed by atoms with Gasteiger partial charge in [-0.05, 0) is 35.4 Å². The Hall–Kier alpha value is -2.29. The summed E-state index contributed by atoms with van der Waals surface area (Å²) >= 11 is 0. The number of anilines is 1. The molecule has 18 heavy (non-hydrogen) atoms. The fraction of sp³-hybridized carbons (Fsp3) is 0.133. The quantitative estimate of drug-likeness (QED) is 0.807. The molecule has 0 aromatic heterocycles. The predicted molar refractivity (Wildman–Crippen MR) is 71.4 cm³/mol. The molecule has 0 saturated carbocycles. The highest BCUT2D eigenvalue weighted by Gasteiger charge is 2.05. The zero-order valence-electron chi connectivity index (χ0n) is 9.97. The van der Waals surface area contributed by atoms with E-state index < -0.39 is 0 Å². The van der Waals surface area contributed by atoms with Crippen LogP contribution in [0.1, 0.15) is 11.1 Å². The summed E-state index contributed by atoms with van der Waals surface area (Å²) in [6.45, 7) is 0. The standard InChI is InChI=1S/C15H15NO2/c16-13-3-1-2-12(8-13)10-15(18)9-11-4-6-14(17)7-5-11/h1-8,17H,9-10,16H2. The lowest BCUT2D eigenvalue weighted by atomic mass is 10.0. The molecule has 0 heterocycles. The van der Waals surface area contributed by atoms with Crippen LogP contribution in [0.5, 0.6) is 5.75 Å². The summed E-state index contributed by atoms with van der Waals surface area (Å²) in [6.07, 6.45) is 0.751. The molecule has 3 N–H and O–H groups in total. The number of phenols is 1. The number of Topliss-reactive ketones (excluding diaryl/α,β-unsaturated/α-hetero) is 1. The molecule has 0 bridgehead atoms. The number of carbonyl (C=O) groups is 1. The molecule has 0 atom stereocenters. The summed E-state index contributed by atoms with van der Waals surface area (Å²) in [4.78, 5) is 11.9. The van der Waals surface area contributed by atoms with Crippen molar-refractivity contribution in [3.8, 4) is 5.75 Å². The molecule has 0 aliphatic carbocycles. The van der Waals surface area contributed by atoms with Crippen molar-refractivity contribution in [2.24, 2.45) is 0 Å². The Morgan fingerprint density at radius 1 is 1.00 bits per heavy atom. The summed E-state index contributed by atoms with van der Waals surface area (Å²) in [5, 5.41) is 9.16. The van der Waals surface area contributed by atoms with Crippen LogP contribution in [0, 0.1) is 0 Å². The van der Waals surface area contributed by atoms with Gasteiger partial charge in [-0.1, -0.05) is 24.3 Å². The fourth-order valence-corrected chi connectivity index (χ4v) is 1.83. The topological polar surface area (TPSA) is 63.3 Å². The van der Waals surface area contributed by atoms with Crippen LogP contribution >= 0.6 is 0 Å². The highest BCUT2D eigenvalue weighted by atomic mass is 16.3. The van der Waals surface area contributed by atoms with Crippen molar-refractivity contribution in [1.29, 1.82) is 0 Å². The van der Waals surface area contributed by atoms with Gasteiger partial charge in [-0.3, -0.25) is 4.79 Å². The third-order valence-corrected chi connectivity index (χ3v) is 2.69. The minimum Gasteiger partial charge on any atom is -0.508 e. The van der Waals surface area contributed by atoms with Gasteiger partial charge in [-0.2, -0.15) is 0 Å². The lowest BCUT2D eigenvalue weighted by Crippen LogP contribution is -2.06. The fourth-order valence-electron chi connectivity index (χ4n) is 1.83. The number of nitrogen functional groups attached to an aromatic ring is 1. The molecule has 3 nitrogen and oxygen atoms in total. The molecule has 0 aliphatic rings. The van der Waals surface area contributed by atoms with Gasteiger partial charge in [0.15, 0.2) is 0 Å². The van der Waals surface area contributed by atoms with Crippen molar-refractivity contribution in [3.05, 3.63) is 59.7 Å². The van der Waals surface area contributed by atoms with Crippen molar-refractivity contribution >= 4 is 11.5 Å². The largest absolute Gasteiger partial charge is 0.508 e. The normalized spacial score (nSPS) is 10.2. The van der Waals surface area contributed by atoms with Gasteiger partial charge in [0, 0.05) is 18.5 Å². The van der Waals surface area contributed by atoms with Gasteiger partial charge in [0.2, 0.25) is 0 Å². The smallest absolute Gasteiger partial charge is 0.141 e. The second kappa shape index (κ2) is 5.36. The molecule has 0 saturated heterocycles. The highest BCUT2D eigenvalue weighted by molar-refractivity contribution is 5.83. The Labute approximate surface area is 106 Å². The highest BCUT2D eigenvalue weighted by Crippen LogP contribution is 2.12. The lowest BCUT2D eigenvalue weighted by Gasteiger charge is -2.03. The van der Waals surface area contributed by atoms with Gasteiger partial charge in [0.25, 0.3) is 0 Å². The third kappa shape index (κ3) is 3.35. The summed E-state index contributed by atoms with van der Waals surface area (Å²) in [6, 6.07) is 14.0. The summed E-state index contributed by atoms with van der Waals surface area (Å²) in [5.41, 5.74) is 8.17. The first-order valence-corrected chi connectivity index (χ1v) is 5.77. The second-order valence-electron chi connectivity index (χ2n) is 4.30. The molecule has 2 rings (SSSR count). The van der Waals surface area contributed by atoms with Crippen LogP contribution in [0.15, 0.2) is 48.5 Å². The van der Waals surface area contributed by atoms with Gasteiger partial charge in [-0.25, -0.2) is 0 Å². The Morgan fingerprint density at radius 2 is 1.67 bits per heavy atom. The first-order chi connectivity index (χ1) is 8.63. The van der Waals surface area contributed by atoms with Crippen LogP contribution in [0.25, 0.3) is 0 Å². The summed E-state index contributed by atoms with van der Waals surface area (Å²) in [5.74, 6) is 0.341. The number of benzene rings is 2. The van der Waals surface area contributed by atoms with Crippen LogP contribution in [0.3, 0.4) is 0 Å². The van der Waals surface area contributed by atoms with Gasteiger partial charge in [0.05, 0.1) is 0 Å². The van der Waals surface area contributed by atoms with E-state index in [-0.39, 0.29) is 11.5 Å². The molecule has 0 fully saturated rings. The summed E-state index contributed by atoms with van der Waals surface area (Å²) in [7, 11) is 0. The van der Waals surface area contributed by atoms with Crippen LogP contribution in [0.2, 0.25) is 0 Å². The van der Waals surface area contributed by atoms with E-state index in [2.05, 4.69) is 0 Å². The maximum Gasteiger partial charge on any atom is 0.141 e. The van der Waals surface area contributed by atoms with Crippen LogP contribution in [-0.2, 0) is 17.6 Å². The average Bonchev–Trinajstić information content (AvgIpc) is 2.32. The Morgan fingerprint density at radius 3 is 2.33 bits per heavy atom. The Balaban J connectivity index is 1.98. The van der Waals surface area contributed by atoms with Gasteiger partial charge in [-0.15, -0.1) is 0 Å². The van der Waals surface area contributed by atoms with E-state index in [4.69, 9.17) is 10.8 Å². The van der Waals surface area contributed by atoms with Crippen molar-refractivity contribution in [2.75, 3.05) is 5.73 Å². The minimum atomic E-state index is 0.131. The van der Waals surface area contributed by atoms with Gasteiger partial charge >= 0.3 is 0 Å². The summed E-state index contributed by atoms with van der Waals surface area (Å²) < 4.78 is 0. The van der Waals surface area contributed by atoms with Crippen LogP contribution in [-0.4, -0.2) is 10.9 Å². The number of rotatable bonds is 4. The molecule has 0 radical (unpaired) electrons. The second-order valence-corrected chi connectivity index (χ2v) is 4.30. The zero-order valence-corrected chi connectivity index (χ0v) is 9.97. The maximum atomic E-state index is 11.9. The first-order valence-electron chi connectivity index (χ1n) is 5.77. The number of hydrogen-bond donors (Lipinski definition) is 2. The van der Waals surface area contributed by atoms with Crippen molar-refractivity contribution < 1.29 is 9.90 Å². The monoisotopic (exact) mass is 241 g/mol. The number of aromatic hydroxyl groups is 1. The van der Waals surface area contributed by atoms with Gasteiger partial charge < -0.3 is 10.8 Å². The van der Waals surface area contributed by atoms with Crippen molar-refractivity contribution in [3.63, 3.8) is 0 Å². The number of ketones is 1. The number of nitrogens with two attached hydrogens (primary N) is 1. The molecule has 0 unspecified atom stereocenters. The number of phenolic OH excluding ortho intramolecular Hbond substituents is 1. The SMILES string of the molecule is Nc1cccc(CC(=O)Cc2ccc(O)cc2)c1. The van der Waals surface area contributed by atoms with Crippen LogP contribution < -0.4 is 5.73 Å². The molecule has 2 aromatic rings. The number of carbonyl (C=O) groups excluding carboxylic acids is 1. The molecular formula is C15H15NO2. The molecule has 3 heteroatoms. The van der Waals surface area contributed by atoms with Crippen molar-refractivity contribution in [1.82, 2.24) is 0 Å². The average molecular weight is 241 g/mol. The first kappa shape index (κ1) is 12.2. The van der Waals surface area contributed by atoms with E-state index in [1.54, 1.807) is 30.3 Å². The van der Waals surface area contributed by atoms with E-state index in [9.17, 15) is 4.79 Å². The lowest BCUT2D eigenvalue weighted by molar-refractivity contribution is -0.117. The van der Waals surface area contributed by atoms with E-state index in [1.807, 2.05) is 18.2 Å². The third-order valence-electron chi connectivity index (χ3n) is 2.69. The van der Waals surface area contributed by atoms with E-state index in [0.29, 0.717) is 18.5 Å². The van der Waals surface area contributed by atoms with Crippen LogP contribution in [0.4, 0.5) is 5.69 Å². The van der Waals surface area contributed by atoms with Gasteiger partial charge in [0.1, 0.15) is 11.5 Å². The predicted octanol–water partition coefficient (Wildman–Crippen LogP) is 2.33. The minimum absolute atomic E-state index is 0.131. The van der Waals surface area contributed by atoms with Crippen molar-refractivity contribution in [2.45, 2.75) is 12.8 Å². The molecular weight excluding hydrogens is 226 g/mol. The maximum absolute atomic E-state index is 11.9. The molecule has 0 spiro atoms. The Kier molecular flexibility index (Phi) is 3.63. The van der Waals surface area contributed by atoms with E-state index in [0.717, 1.165) is 11.1 Å². The Bertz CT molecular complexity index is 547.